The largest absolute Gasteiger partial charge is 0.353 e. The average Bonchev–Trinajstić information content (AvgIpc) is 2.19. The summed E-state index contributed by atoms with van der Waals surface area (Å²) in [5.41, 5.74) is 0. The molecule has 1 rings (SSSR count). The molecule has 1 aliphatic carbocycles. The van der Waals surface area contributed by atoms with Gasteiger partial charge < -0.3 is 5.32 Å². The Balaban J connectivity index is 2.11. The van der Waals surface area contributed by atoms with E-state index < -0.39 is 0 Å². The second-order valence-electron chi connectivity index (χ2n) is 3.40. The number of allylic oxidation sites excluding steroid dienone is 2. The third kappa shape index (κ3) is 3.92. The lowest BCUT2D eigenvalue weighted by molar-refractivity contribution is -0.116. The second kappa shape index (κ2) is 5.57. The van der Waals surface area contributed by atoms with E-state index in [4.69, 9.17) is 0 Å². The summed E-state index contributed by atoms with van der Waals surface area (Å²) < 4.78 is 0. The number of nitrogens with one attached hydrogen (secondary N) is 1. The molecule has 0 saturated heterocycles. The van der Waals surface area contributed by atoms with Crippen molar-refractivity contribution in [1.82, 2.24) is 5.32 Å². The molecule has 72 valence electrons. The first-order valence-electron chi connectivity index (χ1n) is 4.90. The molecule has 0 heterocycles. The van der Waals surface area contributed by atoms with Gasteiger partial charge in [0, 0.05) is 6.54 Å². The Morgan fingerprint density at radius 2 is 2.54 bits per heavy atom. The molecule has 13 heavy (non-hydrogen) atoms. The van der Waals surface area contributed by atoms with E-state index in [1.807, 2.05) is 0 Å². The molecule has 0 aromatic rings. The molecule has 0 aromatic heterocycles. The molecule has 1 unspecified atom stereocenters. The number of amides is 1. The maximum atomic E-state index is 10.8. The molecule has 0 aromatic carbocycles. The van der Waals surface area contributed by atoms with Gasteiger partial charge in [-0.05, 0) is 37.7 Å². The van der Waals surface area contributed by atoms with Crippen LogP contribution in [-0.4, -0.2) is 12.5 Å². The number of hydrogen-bond donors (Lipinski definition) is 1. The van der Waals surface area contributed by atoms with Crippen LogP contribution in [0.3, 0.4) is 0 Å². The van der Waals surface area contributed by atoms with Crippen LogP contribution < -0.4 is 5.32 Å². The molecule has 0 saturated carbocycles. The topological polar surface area (TPSA) is 29.1 Å². The van der Waals surface area contributed by atoms with Crippen molar-refractivity contribution in [3.05, 3.63) is 24.8 Å². The Kier molecular flexibility index (Phi) is 4.30. The van der Waals surface area contributed by atoms with Gasteiger partial charge in [-0.15, -0.1) is 0 Å². The first kappa shape index (κ1) is 10.0. The Morgan fingerprint density at radius 3 is 3.15 bits per heavy atom. The maximum absolute atomic E-state index is 10.8. The van der Waals surface area contributed by atoms with Gasteiger partial charge >= 0.3 is 0 Å². The van der Waals surface area contributed by atoms with Gasteiger partial charge in [0.1, 0.15) is 0 Å². The molecule has 2 nitrogen and oxygen atoms in total. The Bertz CT molecular complexity index is 208. The minimum Gasteiger partial charge on any atom is -0.353 e. The molecule has 2 heteroatoms. The Hall–Kier alpha value is -1.05. The summed E-state index contributed by atoms with van der Waals surface area (Å²) in [6.45, 7) is 4.16. The zero-order chi connectivity index (χ0) is 9.52. The van der Waals surface area contributed by atoms with Crippen molar-refractivity contribution < 1.29 is 4.79 Å². The van der Waals surface area contributed by atoms with E-state index in [1.54, 1.807) is 0 Å². The molecule has 1 N–H and O–H groups in total. The van der Waals surface area contributed by atoms with E-state index >= 15 is 0 Å². The van der Waals surface area contributed by atoms with Gasteiger partial charge in [0.2, 0.25) is 5.91 Å². The monoisotopic (exact) mass is 179 g/mol. The van der Waals surface area contributed by atoms with E-state index in [1.165, 1.54) is 25.3 Å². The van der Waals surface area contributed by atoms with Crippen molar-refractivity contribution in [1.29, 1.82) is 0 Å². The zero-order valence-corrected chi connectivity index (χ0v) is 7.96. The maximum Gasteiger partial charge on any atom is 0.243 e. The molecular weight excluding hydrogens is 162 g/mol. The average molecular weight is 179 g/mol. The van der Waals surface area contributed by atoms with E-state index in [-0.39, 0.29) is 5.91 Å². The third-order valence-corrected chi connectivity index (χ3v) is 2.35. The van der Waals surface area contributed by atoms with Crippen molar-refractivity contribution in [2.45, 2.75) is 25.7 Å². The summed E-state index contributed by atoms with van der Waals surface area (Å²) >= 11 is 0. The van der Waals surface area contributed by atoms with Crippen LogP contribution in [0.1, 0.15) is 25.7 Å². The number of hydrogen-bond acceptors (Lipinski definition) is 1. The summed E-state index contributed by atoms with van der Waals surface area (Å²) in [7, 11) is 0. The SMILES string of the molecule is C=CC(=O)NCCC1C=CCCC1. The highest BCUT2D eigenvalue weighted by Crippen LogP contribution is 2.19. The molecule has 1 atom stereocenters. The van der Waals surface area contributed by atoms with Gasteiger partial charge in [-0.1, -0.05) is 18.7 Å². The number of rotatable bonds is 4. The van der Waals surface area contributed by atoms with Gasteiger partial charge in [0.25, 0.3) is 0 Å². The molecule has 0 fully saturated rings. The van der Waals surface area contributed by atoms with Gasteiger partial charge in [0.05, 0.1) is 0 Å². The number of carbonyl (C=O) groups is 1. The fourth-order valence-electron chi connectivity index (χ4n) is 1.58. The predicted molar refractivity (Wildman–Crippen MR) is 54.3 cm³/mol. The summed E-state index contributed by atoms with van der Waals surface area (Å²) in [6.07, 6.45) is 10.6. The van der Waals surface area contributed by atoms with Crippen LogP contribution >= 0.6 is 0 Å². The smallest absolute Gasteiger partial charge is 0.243 e. The fraction of sp³-hybridized carbons (Fsp3) is 0.545. The summed E-state index contributed by atoms with van der Waals surface area (Å²) in [5.74, 6) is 0.596. The lowest BCUT2D eigenvalue weighted by atomic mass is 9.93. The van der Waals surface area contributed by atoms with Crippen LogP contribution in [0.2, 0.25) is 0 Å². The van der Waals surface area contributed by atoms with Crippen molar-refractivity contribution in [2.24, 2.45) is 5.92 Å². The third-order valence-electron chi connectivity index (χ3n) is 2.35. The van der Waals surface area contributed by atoms with E-state index in [0.29, 0.717) is 5.92 Å². The van der Waals surface area contributed by atoms with Crippen LogP contribution in [0.4, 0.5) is 0 Å². The molecular formula is C11H17NO. The second-order valence-corrected chi connectivity index (χ2v) is 3.40. The molecule has 1 aliphatic rings. The molecule has 0 radical (unpaired) electrons. The van der Waals surface area contributed by atoms with Crippen molar-refractivity contribution in [3.63, 3.8) is 0 Å². The van der Waals surface area contributed by atoms with Crippen molar-refractivity contribution in [2.75, 3.05) is 6.54 Å². The van der Waals surface area contributed by atoms with Gasteiger partial charge in [-0.3, -0.25) is 4.79 Å². The minimum atomic E-state index is -0.0696. The highest BCUT2D eigenvalue weighted by molar-refractivity contribution is 5.86. The molecule has 0 aliphatic heterocycles. The fourth-order valence-corrected chi connectivity index (χ4v) is 1.58. The van der Waals surface area contributed by atoms with Gasteiger partial charge in [-0.2, -0.15) is 0 Å². The molecule has 0 spiro atoms. The lowest BCUT2D eigenvalue weighted by Gasteiger charge is -2.15. The van der Waals surface area contributed by atoms with Crippen LogP contribution in [0.5, 0.6) is 0 Å². The molecule has 1 amide bonds. The van der Waals surface area contributed by atoms with Crippen LogP contribution in [0.25, 0.3) is 0 Å². The van der Waals surface area contributed by atoms with Crippen molar-refractivity contribution in [3.8, 4) is 0 Å². The predicted octanol–water partition coefficient (Wildman–Crippen LogP) is 2.04. The highest BCUT2D eigenvalue weighted by Gasteiger charge is 2.07. The summed E-state index contributed by atoms with van der Waals surface area (Å²) in [4.78, 5) is 10.8. The number of carbonyl (C=O) groups excluding carboxylic acids is 1. The Morgan fingerprint density at radius 1 is 1.69 bits per heavy atom. The summed E-state index contributed by atoms with van der Waals surface area (Å²) in [5, 5.41) is 2.79. The van der Waals surface area contributed by atoms with E-state index in [9.17, 15) is 4.79 Å². The van der Waals surface area contributed by atoms with E-state index in [2.05, 4.69) is 24.0 Å². The standard InChI is InChI=1S/C11H17NO/c1-2-11(13)12-9-8-10-6-4-3-5-7-10/h2,4,6,10H,1,3,5,7-9H2,(H,12,13). The first-order valence-corrected chi connectivity index (χ1v) is 4.90. The lowest BCUT2D eigenvalue weighted by Crippen LogP contribution is -2.23. The van der Waals surface area contributed by atoms with Crippen LogP contribution in [0, 0.1) is 5.92 Å². The van der Waals surface area contributed by atoms with Crippen molar-refractivity contribution >= 4 is 5.91 Å². The summed E-state index contributed by atoms with van der Waals surface area (Å²) in [6, 6.07) is 0. The quantitative estimate of drug-likeness (QED) is 0.519. The Labute approximate surface area is 79.7 Å². The van der Waals surface area contributed by atoms with Crippen LogP contribution in [-0.2, 0) is 4.79 Å². The van der Waals surface area contributed by atoms with Gasteiger partial charge in [0.15, 0.2) is 0 Å². The van der Waals surface area contributed by atoms with Crippen LogP contribution in [0.15, 0.2) is 24.8 Å². The molecule has 0 bridgehead atoms. The minimum absolute atomic E-state index is 0.0696. The zero-order valence-electron chi connectivity index (χ0n) is 7.96. The van der Waals surface area contributed by atoms with Gasteiger partial charge in [-0.25, -0.2) is 0 Å². The highest BCUT2D eigenvalue weighted by atomic mass is 16.1. The normalized spacial score (nSPS) is 21.1. The van der Waals surface area contributed by atoms with E-state index in [0.717, 1.165) is 13.0 Å². The first-order chi connectivity index (χ1) is 6.33.